The second-order valence-corrected chi connectivity index (χ2v) is 3.71. The van der Waals surface area contributed by atoms with E-state index >= 15 is 0 Å². The van der Waals surface area contributed by atoms with Gasteiger partial charge in [-0.2, -0.15) is 4.98 Å². The molecule has 0 amide bonds. The van der Waals surface area contributed by atoms with Crippen molar-refractivity contribution in [2.75, 3.05) is 0 Å². The van der Waals surface area contributed by atoms with Crippen LogP contribution in [-0.2, 0) is 0 Å². The van der Waals surface area contributed by atoms with Crippen LogP contribution in [0.2, 0.25) is 5.35 Å². The molecule has 2 rings (SSSR count). The van der Waals surface area contributed by atoms with Gasteiger partial charge in [0.1, 0.15) is 5.52 Å². The van der Waals surface area contributed by atoms with Crippen LogP contribution in [0.1, 0.15) is 5.56 Å². The quantitative estimate of drug-likeness (QED) is 0.710. The number of fused-ring (bicyclic) bond motifs is 1. The molecule has 4 heteroatoms. The lowest BCUT2D eigenvalue weighted by Crippen LogP contribution is -1.74. The van der Waals surface area contributed by atoms with E-state index < -0.39 is 0 Å². The fraction of sp³-hybridized carbons (Fsp3) is 0.125. The van der Waals surface area contributed by atoms with Crippen molar-refractivity contribution in [2.45, 2.75) is 6.92 Å². The minimum atomic E-state index is 0.183. The third-order valence-corrected chi connectivity index (χ3v) is 2.66. The number of nitrogens with zero attached hydrogens (tertiary/aromatic N) is 1. The molecule has 0 fully saturated rings. The first-order valence-corrected chi connectivity index (χ1v) is 4.56. The summed E-state index contributed by atoms with van der Waals surface area (Å²) in [6, 6.07) is 3.79. The zero-order chi connectivity index (χ0) is 8.72. The summed E-state index contributed by atoms with van der Waals surface area (Å²) >= 11 is 9.00. The van der Waals surface area contributed by atoms with Crippen LogP contribution in [0.3, 0.4) is 0 Å². The average Bonchev–Trinajstić information content (AvgIpc) is 2.30. The van der Waals surface area contributed by atoms with Gasteiger partial charge < -0.3 is 4.42 Å². The molecule has 1 aromatic carbocycles. The molecule has 2 aromatic rings. The molecule has 0 atom stereocenters. The maximum absolute atomic E-state index is 5.59. The van der Waals surface area contributed by atoms with Gasteiger partial charge in [-0.1, -0.05) is 15.9 Å². The van der Waals surface area contributed by atoms with Gasteiger partial charge in [0.25, 0.3) is 5.35 Å². The standard InChI is InChI=1S/C8H5BrClNO/c1-4-2-7-6(3-5(4)9)11-8(10)12-7/h2-3H,1H3. The van der Waals surface area contributed by atoms with Crippen LogP contribution >= 0.6 is 27.5 Å². The van der Waals surface area contributed by atoms with Gasteiger partial charge in [0.05, 0.1) is 0 Å². The first-order valence-electron chi connectivity index (χ1n) is 3.39. The number of aryl methyl sites for hydroxylation is 1. The highest BCUT2D eigenvalue weighted by Crippen LogP contribution is 2.25. The van der Waals surface area contributed by atoms with Gasteiger partial charge in [0, 0.05) is 4.47 Å². The lowest BCUT2D eigenvalue weighted by Gasteiger charge is -1.94. The normalized spacial score (nSPS) is 10.9. The van der Waals surface area contributed by atoms with E-state index in [0.717, 1.165) is 21.1 Å². The molecule has 62 valence electrons. The SMILES string of the molecule is Cc1cc2oc(Cl)nc2cc1Br. The average molecular weight is 246 g/mol. The maximum atomic E-state index is 5.59. The van der Waals surface area contributed by atoms with Gasteiger partial charge >= 0.3 is 0 Å². The molecular formula is C8H5BrClNO. The van der Waals surface area contributed by atoms with E-state index in [1.54, 1.807) is 0 Å². The van der Waals surface area contributed by atoms with Crippen molar-refractivity contribution < 1.29 is 4.42 Å². The number of hydrogen-bond donors (Lipinski definition) is 0. The van der Waals surface area contributed by atoms with Crippen molar-refractivity contribution in [2.24, 2.45) is 0 Å². The van der Waals surface area contributed by atoms with Crippen LogP contribution in [0.25, 0.3) is 11.1 Å². The van der Waals surface area contributed by atoms with E-state index in [2.05, 4.69) is 20.9 Å². The predicted molar refractivity (Wildman–Crippen MR) is 51.5 cm³/mol. The Morgan fingerprint density at radius 3 is 3.00 bits per heavy atom. The third-order valence-electron chi connectivity index (χ3n) is 1.64. The fourth-order valence-corrected chi connectivity index (χ4v) is 1.53. The van der Waals surface area contributed by atoms with Gasteiger partial charge in [-0.05, 0) is 36.2 Å². The number of oxazole rings is 1. The largest absolute Gasteiger partial charge is 0.428 e. The Labute approximate surface area is 82.7 Å². The summed E-state index contributed by atoms with van der Waals surface area (Å²) in [5, 5.41) is 0.183. The monoisotopic (exact) mass is 245 g/mol. The fourth-order valence-electron chi connectivity index (χ4n) is 1.02. The number of aromatic nitrogens is 1. The second kappa shape index (κ2) is 2.75. The smallest absolute Gasteiger partial charge is 0.293 e. The molecule has 0 saturated carbocycles. The van der Waals surface area contributed by atoms with Crippen molar-refractivity contribution >= 4 is 38.6 Å². The molecule has 0 radical (unpaired) electrons. The minimum Gasteiger partial charge on any atom is -0.428 e. The number of rotatable bonds is 0. The zero-order valence-corrected chi connectivity index (χ0v) is 8.61. The number of halogens is 2. The van der Waals surface area contributed by atoms with Crippen molar-refractivity contribution in [1.82, 2.24) is 4.98 Å². The molecule has 2 nitrogen and oxygen atoms in total. The van der Waals surface area contributed by atoms with Gasteiger partial charge in [-0.3, -0.25) is 0 Å². The molecule has 0 aliphatic carbocycles. The predicted octanol–water partition coefficient (Wildman–Crippen LogP) is 3.55. The molecule has 0 spiro atoms. The van der Waals surface area contributed by atoms with Gasteiger partial charge in [0.15, 0.2) is 5.58 Å². The summed E-state index contributed by atoms with van der Waals surface area (Å²) in [5.74, 6) is 0. The van der Waals surface area contributed by atoms with Crippen LogP contribution in [0.15, 0.2) is 21.0 Å². The first-order chi connectivity index (χ1) is 5.66. The summed E-state index contributed by atoms with van der Waals surface area (Å²) in [7, 11) is 0. The van der Waals surface area contributed by atoms with Crippen LogP contribution in [-0.4, -0.2) is 4.98 Å². The highest BCUT2D eigenvalue weighted by Gasteiger charge is 2.05. The van der Waals surface area contributed by atoms with E-state index in [-0.39, 0.29) is 5.35 Å². The summed E-state index contributed by atoms with van der Waals surface area (Å²) in [6.07, 6.45) is 0. The van der Waals surface area contributed by atoms with Gasteiger partial charge in [-0.25, -0.2) is 0 Å². The Balaban J connectivity index is 2.83. The van der Waals surface area contributed by atoms with Gasteiger partial charge in [-0.15, -0.1) is 0 Å². The Hall–Kier alpha value is -0.540. The third kappa shape index (κ3) is 1.23. The zero-order valence-electron chi connectivity index (χ0n) is 6.27. The van der Waals surface area contributed by atoms with E-state index in [0.29, 0.717) is 0 Å². The van der Waals surface area contributed by atoms with Gasteiger partial charge in [0.2, 0.25) is 0 Å². The molecule has 0 unspecified atom stereocenters. The van der Waals surface area contributed by atoms with E-state index in [4.69, 9.17) is 16.0 Å². The van der Waals surface area contributed by atoms with Crippen LogP contribution in [0.4, 0.5) is 0 Å². The second-order valence-electron chi connectivity index (χ2n) is 2.54. The highest BCUT2D eigenvalue weighted by atomic mass is 79.9. The molecule has 0 aliphatic rings. The molecule has 0 N–H and O–H groups in total. The Kier molecular flexibility index (Phi) is 1.85. The molecular weight excluding hydrogens is 241 g/mol. The van der Waals surface area contributed by atoms with Crippen LogP contribution in [0, 0.1) is 6.92 Å². The topological polar surface area (TPSA) is 26.0 Å². The Morgan fingerprint density at radius 2 is 2.25 bits per heavy atom. The first kappa shape index (κ1) is 8.08. The number of benzene rings is 1. The molecule has 0 bridgehead atoms. The van der Waals surface area contributed by atoms with Crippen molar-refractivity contribution in [1.29, 1.82) is 0 Å². The van der Waals surface area contributed by atoms with E-state index in [1.165, 1.54) is 0 Å². The van der Waals surface area contributed by atoms with Crippen molar-refractivity contribution in [3.8, 4) is 0 Å². The summed E-state index contributed by atoms with van der Waals surface area (Å²) in [6.45, 7) is 1.99. The molecule has 0 saturated heterocycles. The van der Waals surface area contributed by atoms with E-state index in [9.17, 15) is 0 Å². The Bertz CT molecular complexity index is 399. The van der Waals surface area contributed by atoms with E-state index in [1.807, 2.05) is 19.1 Å². The van der Waals surface area contributed by atoms with Crippen LogP contribution < -0.4 is 0 Å². The lowest BCUT2D eigenvalue weighted by atomic mass is 10.2. The summed E-state index contributed by atoms with van der Waals surface area (Å²) < 4.78 is 6.15. The lowest BCUT2D eigenvalue weighted by molar-refractivity contribution is 0.604. The van der Waals surface area contributed by atoms with Crippen molar-refractivity contribution in [3.05, 3.63) is 27.5 Å². The molecule has 12 heavy (non-hydrogen) atoms. The summed E-state index contributed by atoms with van der Waals surface area (Å²) in [4.78, 5) is 3.98. The maximum Gasteiger partial charge on any atom is 0.293 e. The number of hydrogen-bond acceptors (Lipinski definition) is 2. The molecule has 1 heterocycles. The van der Waals surface area contributed by atoms with Crippen LogP contribution in [0.5, 0.6) is 0 Å². The molecule has 1 aromatic heterocycles. The minimum absolute atomic E-state index is 0.183. The summed E-state index contributed by atoms with van der Waals surface area (Å²) in [5.41, 5.74) is 2.61. The molecule has 0 aliphatic heterocycles. The Morgan fingerprint density at radius 1 is 1.50 bits per heavy atom. The van der Waals surface area contributed by atoms with Crippen molar-refractivity contribution in [3.63, 3.8) is 0 Å². The highest BCUT2D eigenvalue weighted by molar-refractivity contribution is 9.10.